The van der Waals surface area contributed by atoms with Crippen LogP contribution in [-0.2, 0) is 7.05 Å². The van der Waals surface area contributed by atoms with Crippen LogP contribution in [0.2, 0.25) is 0 Å². The third-order valence-corrected chi connectivity index (χ3v) is 2.28. The molecule has 2 rings (SSSR count). The van der Waals surface area contributed by atoms with E-state index in [2.05, 4.69) is 21.0 Å². The number of nitrogens with zero attached hydrogens (tertiary/aromatic N) is 3. The zero-order valence-corrected chi connectivity index (χ0v) is 9.10. The highest BCUT2D eigenvalue weighted by Crippen LogP contribution is 2.19. The Labute approximate surface area is 89.5 Å². The Hall–Kier alpha value is -1.36. The molecule has 0 atom stereocenters. The molecule has 0 aromatic carbocycles. The summed E-state index contributed by atoms with van der Waals surface area (Å²) in [5.74, 6) is 0. The van der Waals surface area contributed by atoms with E-state index in [-0.39, 0.29) is 0 Å². The van der Waals surface area contributed by atoms with Gasteiger partial charge in [0.25, 0.3) is 0 Å². The standard InChI is InChI=1S/C9H8BrN3O/c1-12-4-8(3-11-12)7-2-9(10)6-13(14)5-7/h2-6H,1H3. The minimum absolute atomic E-state index is 0.758. The van der Waals surface area contributed by atoms with E-state index in [0.717, 1.165) is 20.3 Å². The molecule has 72 valence electrons. The molecule has 0 amide bonds. The van der Waals surface area contributed by atoms with Gasteiger partial charge in [-0.25, -0.2) is 0 Å². The van der Waals surface area contributed by atoms with Gasteiger partial charge in [-0.05, 0) is 22.0 Å². The van der Waals surface area contributed by atoms with E-state index in [1.165, 1.54) is 12.4 Å². The molecule has 0 N–H and O–H groups in total. The number of rotatable bonds is 1. The minimum Gasteiger partial charge on any atom is -0.619 e. The average Bonchev–Trinajstić information content (AvgIpc) is 2.50. The van der Waals surface area contributed by atoms with Crippen molar-refractivity contribution in [2.24, 2.45) is 7.05 Å². The van der Waals surface area contributed by atoms with Crippen LogP contribution >= 0.6 is 15.9 Å². The molecule has 0 radical (unpaired) electrons. The van der Waals surface area contributed by atoms with Crippen LogP contribution in [0.1, 0.15) is 0 Å². The van der Waals surface area contributed by atoms with E-state index >= 15 is 0 Å². The van der Waals surface area contributed by atoms with Gasteiger partial charge in [-0.3, -0.25) is 4.68 Å². The summed E-state index contributed by atoms with van der Waals surface area (Å²) in [6.07, 6.45) is 6.56. The lowest BCUT2D eigenvalue weighted by Crippen LogP contribution is -2.24. The monoisotopic (exact) mass is 253 g/mol. The van der Waals surface area contributed by atoms with Crippen LogP contribution in [0, 0.1) is 5.21 Å². The van der Waals surface area contributed by atoms with Crippen molar-refractivity contribution < 1.29 is 4.73 Å². The molecule has 2 aromatic rings. The molecule has 0 saturated carbocycles. The van der Waals surface area contributed by atoms with Crippen LogP contribution in [0.5, 0.6) is 0 Å². The van der Waals surface area contributed by atoms with Crippen LogP contribution in [0.15, 0.2) is 35.3 Å². The first kappa shape index (κ1) is 9.21. The Bertz CT molecular complexity index is 447. The number of aryl methyl sites for hydroxylation is 1. The van der Waals surface area contributed by atoms with Crippen LogP contribution in [0.4, 0.5) is 0 Å². The molecular formula is C9H8BrN3O. The maximum absolute atomic E-state index is 11.2. The lowest BCUT2D eigenvalue weighted by molar-refractivity contribution is -0.605. The van der Waals surface area contributed by atoms with Gasteiger partial charge in [-0.1, -0.05) is 0 Å². The molecule has 2 aromatic heterocycles. The third-order valence-electron chi connectivity index (χ3n) is 1.85. The van der Waals surface area contributed by atoms with Crippen LogP contribution in [0.25, 0.3) is 11.1 Å². The SMILES string of the molecule is Cn1cc(-c2cc(Br)c[n+]([O-])c2)cn1. The second-order valence-corrected chi connectivity index (χ2v) is 3.92. The number of halogens is 1. The van der Waals surface area contributed by atoms with E-state index in [1.807, 2.05) is 19.3 Å². The van der Waals surface area contributed by atoms with E-state index < -0.39 is 0 Å². The topological polar surface area (TPSA) is 44.8 Å². The van der Waals surface area contributed by atoms with Gasteiger partial charge in [0, 0.05) is 18.8 Å². The van der Waals surface area contributed by atoms with Crippen molar-refractivity contribution in [2.45, 2.75) is 0 Å². The zero-order chi connectivity index (χ0) is 10.1. The van der Waals surface area contributed by atoms with Gasteiger partial charge in [-0.15, -0.1) is 0 Å². The van der Waals surface area contributed by atoms with Crippen LogP contribution in [0.3, 0.4) is 0 Å². The van der Waals surface area contributed by atoms with Gasteiger partial charge in [0.2, 0.25) is 0 Å². The molecule has 0 saturated heterocycles. The summed E-state index contributed by atoms with van der Waals surface area (Å²) in [5, 5.41) is 15.2. The van der Waals surface area contributed by atoms with Gasteiger partial charge in [0.15, 0.2) is 12.4 Å². The van der Waals surface area contributed by atoms with Crippen LogP contribution in [-0.4, -0.2) is 9.78 Å². The molecule has 0 aliphatic heterocycles. The quantitative estimate of drug-likeness (QED) is 0.571. The fourth-order valence-corrected chi connectivity index (χ4v) is 1.70. The van der Waals surface area contributed by atoms with Gasteiger partial charge in [-0.2, -0.15) is 9.83 Å². The predicted octanol–water partition coefficient (Wildman–Crippen LogP) is 1.48. The maximum Gasteiger partial charge on any atom is 0.194 e. The number of hydrogen-bond donors (Lipinski definition) is 0. The van der Waals surface area contributed by atoms with Crippen molar-refractivity contribution >= 4 is 15.9 Å². The summed E-state index contributed by atoms with van der Waals surface area (Å²) < 4.78 is 3.23. The minimum atomic E-state index is 0.758. The highest BCUT2D eigenvalue weighted by Gasteiger charge is 2.05. The second kappa shape index (κ2) is 3.42. The van der Waals surface area contributed by atoms with Crippen molar-refractivity contribution in [1.82, 2.24) is 9.78 Å². The van der Waals surface area contributed by atoms with Gasteiger partial charge < -0.3 is 5.21 Å². The normalized spacial score (nSPS) is 10.4. The van der Waals surface area contributed by atoms with Gasteiger partial charge >= 0.3 is 0 Å². The highest BCUT2D eigenvalue weighted by molar-refractivity contribution is 9.10. The molecule has 4 nitrogen and oxygen atoms in total. The molecule has 0 bridgehead atoms. The summed E-state index contributed by atoms with van der Waals surface area (Å²) in [6, 6.07) is 1.88. The van der Waals surface area contributed by atoms with Crippen molar-refractivity contribution in [1.29, 1.82) is 0 Å². The van der Waals surface area contributed by atoms with E-state index in [0.29, 0.717) is 0 Å². The molecule has 0 spiro atoms. The van der Waals surface area contributed by atoms with Crippen molar-refractivity contribution in [3.8, 4) is 11.1 Å². The molecular weight excluding hydrogens is 246 g/mol. The Balaban J connectivity index is 2.51. The van der Waals surface area contributed by atoms with Gasteiger partial charge in [0.05, 0.1) is 16.2 Å². The highest BCUT2D eigenvalue weighted by atomic mass is 79.9. The fraction of sp³-hybridized carbons (Fsp3) is 0.111. The third kappa shape index (κ3) is 1.77. The molecule has 2 heterocycles. The number of pyridine rings is 1. The van der Waals surface area contributed by atoms with E-state index in [9.17, 15) is 5.21 Å². The average molecular weight is 254 g/mol. The van der Waals surface area contributed by atoms with Crippen molar-refractivity contribution in [2.75, 3.05) is 0 Å². The summed E-state index contributed by atoms with van der Waals surface area (Å²) in [7, 11) is 1.84. The van der Waals surface area contributed by atoms with Crippen molar-refractivity contribution in [3.63, 3.8) is 0 Å². The first-order chi connectivity index (χ1) is 6.65. The summed E-state index contributed by atoms with van der Waals surface area (Å²) in [5.41, 5.74) is 1.78. The summed E-state index contributed by atoms with van der Waals surface area (Å²) >= 11 is 3.27. The Morgan fingerprint density at radius 2 is 2.21 bits per heavy atom. The number of aromatic nitrogens is 3. The summed E-state index contributed by atoms with van der Waals surface area (Å²) in [4.78, 5) is 0. The Morgan fingerprint density at radius 1 is 1.43 bits per heavy atom. The first-order valence-corrected chi connectivity index (χ1v) is 4.83. The molecule has 0 unspecified atom stereocenters. The first-order valence-electron chi connectivity index (χ1n) is 4.03. The van der Waals surface area contributed by atoms with Crippen molar-refractivity contribution in [3.05, 3.63) is 40.5 Å². The lowest BCUT2D eigenvalue weighted by atomic mass is 10.2. The number of hydrogen-bond acceptors (Lipinski definition) is 2. The smallest absolute Gasteiger partial charge is 0.194 e. The lowest BCUT2D eigenvalue weighted by Gasteiger charge is -1.99. The fourth-order valence-electron chi connectivity index (χ4n) is 1.25. The van der Waals surface area contributed by atoms with E-state index in [1.54, 1.807) is 10.9 Å². The molecule has 0 aliphatic carbocycles. The zero-order valence-electron chi connectivity index (χ0n) is 7.51. The molecule has 0 fully saturated rings. The molecule has 5 heteroatoms. The predicted molar refractivity (Wildman–Crippen MR) is 55.3 cm³/mol. The largest absolute Gasteiger partial charge is 0.619 e. The Morgan fingerprint density at radius 3 is 2.79 bits per heavy atom. The Kier molecular flexibility index (Phi) is 2.25. The second-order valence-electron chi connectivity index (χ2n) is 3.01. The molecule has 14 heavy (non-hydrogen) atoms. The van der Waals surface area contributed by atoms with E-state index in [4.69, 9.17) is 0 Å². The van der Waals surface area contributed by atoms with Crippen LogP contribution < -0.4 is 4.73 Å². The van der Waals surface area contributed by atoms with Gasteiger partial charge in [0.1, 0.15) is 0 Å². The summed E-state index contributed by atoms with van der Waals surface area (Å²) in [6.45, 7) is 0. The molecule has 0 aliphatic rings. The maximum atomic E-state index is 11.2.